The van der Waals surface area contributed by atoms with Gasteiger partial charge in [0, 0.05) is 19.8 Å². The molecule has 1 aromatic heterocycles. The number of hydrogen-bond acceptors (Lipinski definition) is 6. The number of carbonyl (C=O) groups is 1. The van der Waals surface area contributed by atoms with Crippen LogP contribution in [0.3, 0.4) is 0 Å². The van der Waals surface area contributed by atoms with E-state index >= 15 is 0 Å². The zero-order chi connectivity index (χ0) is 14.4. The lowest BCUT2D eigenvalue weighted by molar-refractivity contribution is 0.0527. The zero-order valence-corrected chi connectivity index (χ0v) is 11.6. The average molecular weight is 267 g/mol. The van der Waals surface area contributed by atoms with Gasteiger partial charge < -0.3 is 20.5 Å². The molecule has 0 aliphatic carbocycles. The van der Waals surface area contributed by atoms with Gasteiger partial charge in [-0.3, -0.25) is 0 Å². The number of aliphatic hydroxyl groups excluding tert-OH is 1. The lowest BCUT2D eigenvalue weighted by Gasteiger charge is -2.21. The summed E-state index contributed by atoms with van der Waals surface area (Å²) in [6.07, 6.45) is 1.73. The number of pyridine rings is 1. The van der Waals surface area contributed by atoms with Gasteiger partial charge in [0.2, 0.25) is 0 Å². The highest BCUT2D eigenvalue weighted by atomic mass is 16.5. The molecular weight excluding hydrogens is 246 g/mol. The van der Waals surface area contributed by atoms with E-state index in [9.17, 15) is 9.90 Å². The zero-order valence-electron chi connectivity index (χ0n) is 11.6. The monoisotopic (exact) mass is 267 g/mol. The topological polar surface area (TPSA) is 88.7 Å². The van der Waals surface area contributed by atoms with Gasteiger partial charge in [-0.2, -0.15) is 0 Å². The fourth-order valence-electron chi connectivity index (χ4n) is 1.64. The molecular formula is C13H21N3O3. The molecule has 0 bridgehead atoms. The van der Waals surface area contributed by atoms with E-state index in [2.05, 4.69) is 4.98 Å². The number of nitrogen functional groups attached to an aromatic ring is 1. The molecule has 106 valence electrons. The summed E-state index contributed by atoms with van der Waals surface area (Å²) >= 11 is 0. The van der Waals surface area contributed by atoms with Crippen LogP contribution in [-0.2, 0) is 4.74 Å². The van der Waals surface area contributed by atoms with E-state index in [0.717, 1.165) is 0 Å². The number of ether oxygens (including phenoxy) is 1. The Kier molecular flexibility index (Phi) is 5.57. The second kappa shape index (κ2) is 6.94. The normalized spacial score (nSPS) is 12.0. The Morgan fingerprint density at radius 3 is 2.89 bits per heavy atom. The lowest BCUT2D eigenvalue weighted by atomic mass is 10.2. The average Bonchev–Trinajstić information content (AvgIpc) is 2.36. The van der Waals surface area contributed by atoms with Crippen LogP contribution in [0.15, 0.2) is 12.3 Å². The minimum Gasteiger partial charge on any atom is -0.462 e. The highest BCUT2D eigenvalue weighted by Crippen LogP contribution is 2.23. The summed E-state index contributed by atoms with van der Waals surface area (Å²) in [6, 6.07) is 1.54. The summed E-state index contributed by atoms with van der Waals surface area (Å²) in [5.74, 6) is 0.0683. The lowest BCUT2D eigenvalue weighted by Crippen LogP contribution is -2.24. The van der Waals surface area contributed by atoms with Gasteiger partial charge >= 0.3 is 5.97 Å². The third-order valence-electron chi connectivity index (χ3n) is 2.71. The number of hydrogen-bond donors (Lipinski definition) is 2. The summed E-state index contributed by atoms with van der Waals surface area (Å²) in [6.45, 7) is 4.36. The van der Waals surface area contributed by atoms with Gasteiger partial charge in [-0.05, 0) is 26.3 Å². The summed E-state index contributed by atoms with van der Waals surface area (Å²) in [5.41, 5.74) is 6.57. The first-order chi connectivity index (χ1) is 8.97. The Labute approximate surface area is 113 Å². The van der Waals surface area contributed by atoms with E-state index in [0.29, 0.717) is 36.6 Å². The number of nitrogens with zero attached hydrogens (tertiary/aromatic N) is 2. The molecule has 0 saturated heterocycles. The maximum Gasteiger partial charge on any atom is 0.340 e. The van der Waals surface area contributed by atoms with Crippen LogP contribution in [0.1, 0.15) is 30.6 Å². The number of aliphatic hydroxyl groups is 1. The molecule has 0 spiro atoms. The van der Waals surface area contributed by atoms with Gasteiger partial charge in [-0.15, -0.1) is 0 Å². The number of rotatable bonds is 6. The van der Waals surface area contributed by atoms with Crippen molar-refractivity contribution in [1.82, 2.24) is 4.98 Å². The van der Waals surface area contributed by atoms with Gasteiger partial charge in [0.05, 0.1) is 24.0 Å². The molecule has 1 unspecified atom stereocenters. The molecule has 1 rings (SSSR count). The quantitative estimate of drug-likeness (QED) is 0.749. The van der Waals surface area contributed by atoms with Crippen LogP contribution in [0, 0.1) is 0 Å². The van der Waals surface area contributed by atoms with Crippen molar-refractivity contribution in [2.45, 2.75) is 26.4 Å². The van der Waals surface area contributed by atoms with E-state index in [1.807, 2.05) is 11.9 Å². The predicted octanol–water partition coefficient (Wildman–Crippen LogP) is 1.05. The maximum atomic E-state index is 11.7. The minimum atomic E-state index is -0.451. The van der Waals surface area contributed by atoms with Crippen molar-refractivity contribution in [3.63, 3.8) is 0 Å². The van der Waals surface area contributed by atoms with Crippen LogP contribution in [0.4, 0.5) is 11.5 Å². The van der Waals surface area contributed by atoms with Gasteiger partial charge in [-0.1, -0.05) is 0 Å². The van der Waals surface area contributed by atoms with Crippen molar-refractivity contribution in [1.29, 1.82) is 0 Å². The molecule has 6 heteroatoms. The maximum absolute atomic E-state index is 11.7. The van der Waals surface area contributed by atoms with E-state index in [-0.39, 0.29) is 0 Å². The predicted molar refractivity (Wildman–Crippen MR) is 74.2 cm³/mol. The van der Waals surface area contributed by atoms with Crippen molar-refractivity contribution in [2.24, 2.45) is 0 Å². The van der Waals surface area contributed by atoms with Crippen LogP contribution < -0.4 is 10.6 Å². The van der Waals surface area contributed by atoms with Crippen LogP contribution in [0.25, 0.3) is 0 Å². The molecule has 1 atom stereocenters. The molecule has 1 heterocycles. The first-order valence-corrected chi connectivity index (χ1v) is 6.28. The van der Waals surface area contributed by atoms with Gasteiger partial charge in [0.1, 0.15) is 0 Å². The summed E-state index contributed by atoms with van der Waals surface area (Å²) in [4.78, 5) is 17.7. The fraction of sp³-hybridized carbons (Fsp3) is 0.538. The Morgan fingerprint density at radius 2 is 2.32 bits per heavy atom. The molecule has 0 amide bonds. The molecule has 3 N–H and O–H groups in total. The Bertz CT molecular complexity index is 435. The van der Waals surface area contributed by atoms with E-state index in [4.69, 9.17) is 10.5 Å². The van der Waals surface area contributed by atoms with E-state index in [1.165, 1.54) is 6.20 Å². The van der Waals surface area contributed by atoms with Crippen molar-refractivity contribution in [3.05, 3.63) is 17.8 Å². The SMILES string of the molecule is CCOC(=O)c1ccnc(N(C)CCC(C)O)c1N. The van der Waals surface area contributed by atoms with Crippen molar-refractivity contribution >= 4 is 17.5 Å². The minimum absolute atomic E-state index is 0.299. The highest BCUT2D eigenvalue weighted by Gasteiger charge is 2.16. The van der Waals surface area contributed by atoms with Gasteiger partial charge in [-0.25, -0.2) is 9.78 Å². The molecule has 0 fully saturated rings. The summed E-state index contributed by atoms with van der Waals surface area (Å²) in [7, 11) is 1.82. The van der Waals surface area contributed by atoms with Crippen molar-refractivity contribution in [2.75, 3.05) is 30.8 Å². The third kappa shape index (κ3) is 4.10. The molecule has 6 nitrogen and oxygen atoms in total. The molecule has 0 radical (unpaired) electrons. The molecule has 19 heavy (non-hydrogen) atoms. The largest absolute Gasteiger partial charge is 0.462 e. The molecule has 0 saturated carbocycles. The number of esters is 1. The van der Waals surface area contributed by atoms with Crippen molar-refractivity contribution in [3.8, 4) is 0 Å². The van der Waals surface area contributed by atoms with Crippen molar-refractivity contribution < 1.29 is 14.6 Å². The van der Waals surface area contributed by atoms with E-state index in [1.54, 1.807) is 19.9 Å². The Morgan fingerprint density at radius 1 is 1.63 bits per heavy atom. The smallest absolute Gasteiger partial charge is 0.340 e. The van der Waals surface area contributed by atoms with Crippen LogP contribution in [-0.4, -0.2) is 42.4 Å². The number of anilines is 2. The standard InChI is InChI=1S/C13H21N3O3/c1-4-19-13(18)10-5-7-15-12(11(10)14)16(3)8-6-9(2)17/h5,7,9,17H,4,6,8,14H2,1-3H3. The van der Waals surface area contributed by atoms with Crippen LogP contribution >= 0.6 is 0 Å². The van der Waals surface area contributed by atoms with Gasteiger partial charge in [0.25, 0.3) is 0 Å². The van der Waals surface area contributed by atoms with Gasteiger partial charge in [0.15, 0.2) is 5.82 Å². The fourth-order valence-corrected chi connectivity index (χ4v) is 1.64. The summed E-state index contributed by atoms with van der Waals surface area (Å²) < 4.78 is 4.94. The van der Waals surface area contributed by atoms with Crippen LogP contribution in [0.5, 0.6) is 0 Å². The Balaban J connectivity index is 2.90. The first-order valence-electron chi connectivity index (χ1n) is 6.28. The van der Waals surface area contributed by atoms with Crippen LogP contribution in [0.2, 0.25) is 0 Å². The van der Waals surface area contributed by atoms with E-state index < -0.39 is 12.1 Å². The number of aromatic nitrogens is 1. The first kappa shape index (κ1) is 15.2. The second-order valence-corrected chi connectivity index (χ2v) is 4.38. The molecule has 0 aromatic carbocycles. The molecule has 0 aliphatic heterocycles. The molecule has 0 aliphatic rings. The Hall–Kier alpha value is -1.82. The number of nitrogens with two attached hydrogens (primary N) is 1. The molecule has 1 aromatic rings. The summed E-state index contributed by atoms with van der Waals surface area (Å²) in [5, 5.41) is 9.28. The second-order valence-electron chi connectivity index (χ2n) is 4.38. The highest BCUT2D eigenvalue weighted by molar-refractivity contribution is 5.97. The number of carbonyl (C=O) groups excluding carboxylic acids is 1. The third-order valence-corrected chi connectivity index (χ3v) is 2.71.